The molecular formula is C27H27N. The van der Waals surface area contributed by atoms with E-state index >= 15 is 0 Å². The van der Waals surface area contributed by atoms with Crippen molar-refractivity contribution in [1.29, 1.82) is 0 Å². The van der Waals surface area contributed by atoms with E-state index in [1.54, 1.807) is 0 Å². The summed E-state index contributed by atoms with van der Waals surface area (Å²) in [5, 5.41) is 0. The Bertz CT molecular complexity index is 934. The SMILES string of the molecule is CC(c1ccccc1)c1ccccn1.Cc1ccc(-c2ccccc2C)cc1. The summed E-state index contributed by atoms with van der Waals surface area (Å²) in [6, 6.07) is 33.6. The van der Waals surface area contributed by atoms with Crippen LogP contribution in [0.3, 0.4) is 0 Å². The predicted octanol–water partition coefficient (Wildman–Crippen LogP) is 7.20. The van der Waals surface area contributed by atoms with Crippen molar-refractivity contribution in [3.63, 3.8) is 0 Å². The number of pyridine rings is 1. The van der Waals surface area contributed by atoms with Crippen molar-refractivity contribution in [2.24, 2.45) is 0 Å². The molecule has 4 aromatic rings. The summed E-state index contributed by atoms with van der Waals surface area (Å²) >= 11 is 0. The molecule has 0 aliphatic heterocycles. The molecule has 0 aliphatic rings. The molecule has 1 heterocycles. The Labute approximate surface area is 168 Å². The van der Waals surface area contributed by atoms with Crippen molar-refractivity contribution in [1.82, 2.24) is 4.98 Å². The van der Waals surface area contributed by atoms with Crippen LogP contribution in [0.5, 0.6) is 0 Å². The fourth-order valence-electron chi connectivity index (χ4n) is 3.17. The summed E-state index contributed by atoms with van der Waals surface area (Å²) < 4.78 is 0. The molecule has 1 nitrogen and oxygen atoms in total. The first-order valence-corrected chi connectivity index (χ1v) is 9.73. The zero-order valence-corrected chi connectivity index (χ0v) is 16.8. The van der Waals surface area contributed by atoms with Crippen molar-refractivity contribution in [2.45, 2.75) is 26.7 Å². The molecule has 0 spiro atoms. The average Bonchev–Trinajstić information content (AvgIpc) is 2.76. The largest absolute Gasteiger partial charge is 0.261 e. The van der Waals surface area contributed by atoms with Crippen LogP contribution >= 0.6 is 0 Å². The minimum atomic E-state index is 0.373. The lowest BCUT2D eigenvalue weighted by Gasteiger charge is -2.10. The van der Waals surface area contributed by atoms with Crippen LogP contribution in [0.15, 0.2) is 103 Å². The lowest BCUT2D eigenvalue weighted by Crippen LogP contribution is -1.97. The third kappa shape index (κ3) is 5.17. The minimum Gasteiger partial charge on any atom is -0.261 e. The number of benzene rings is 3. The standard InChI is InChI=1S/C14H14.C13H13N/c1-11-7-9-13(10-8-11)14-6-4-3-5-12(14)2;1-11(12-7-3-2-4-8-12)13-9-5-6-10-14-13/h3-10H,1-2H3;2-11H,1H3. The fraction of sp³-hybridized carbons (Fsp3) is 0.148. The highest BCUT2D eigenvalue weighted by atomic mass is 14.7. The summed E-state index contributed by atoms with van der Waals surface area (Å²) in [6.07, 6.45) is 1.84. The highest BCUT2D eigenvalue weighted by Crippen LogP contribution is 2.23. The Morgan fingerprint density at radius 2 is 1.29 bits per heavy atom. The van der Waals surface area contributed by atoms with Crippen LogP contribution in [0.25, 0.3) is 11.1 Å². The first-order chi connectivity index (χ1) is 13.6. The molecule has 0 amide bonds. The summed E-state index contributed by atoms with van der Waals surface area (Å²) in [6.45, 7) is 6.44. The van der Waals surface area contributed by atoms with Gasteiger partial charge in [-0.3, -0.25) is 4.98 Å². The van der Waals surface area contributed by atoms with E-state index in [0.29, 0.717) is 5.92 Å². The molecule has 140 valence electrons. The monoisotopic (exact) mass is 365 g/mol. The van der Waals surface area contributed by atoms with Crippen molar-refractivity contribution < 1.29 is 0 Å². The van der Waals surface area contributed by atoms with E-state index < -0.39 is 0 Å². The van der Waals surface area contributed by atoms with Gasteiger partial charge in [-0.05, 0) is 48.2 Å². The molecule has 4 rings (SSSR count). The molecule has 0 saturated carbocycles. The number of aromatic nitrogens is 1. The number of nitrogens with zero attached hydrogens (tertiary/aromatic N) is 1. The first kappa shape index (κ1) is 19.6. The van der Waals surface area contributed by atoms with Crippen molar-refractivity contribution in [2.75, 3.05) is 0 Å². The summed E-state index contributed by atoms with van der Waals surface area (Å²) in [7, 11) is 0. The van der Waals surface area contributed by atoms with Crippen molar-refractivity contribution in [3.05, 3.63) is 126 Å². The maximum atomic E-state index is 4.36. The van der Waals surface area contributed by atoms with Crippen molar-refractivity contribution in [3.8, 4) is 11.1 Å². The first-order valence-electron chi connectivity index (χ1n) is 9.73. The van der Waals surface area contributed by atoms with E-state index in [4.69, 9.17) is 0 Å². The van der Waals surface area contributed by atoms with Gasteiger partial charge in [0.25, 0.3) is 0 Å². The van der Waals surface area contributed by atoms with Gasteiger partial charge in [0.1, 0.15) is 0 Å². The van der Waals surface area contributed by atoms with Gasteiger partial charge in [-0.25, -0.2) is 0 Å². The van der Waals surface area contributed by atoms with E-state index in [2.05, 4.69) is 105 Å². The number of rotatable bonds is 3. The second-order valence-corrected chi connectivity index (χ2v) is 7.07. The van der Waals surface area contributed by atoms with E-state index in [9.17, 15) is 0 Å². The van der Waals surface area contributed by atoms with Crippen LogP contribution < -0.4 is 0 Å². The van der Waals surface area contributed by atoms with Gasteiger partial charge in [-0.15, -0.1) is 0 Å². The van der Waals surface area contributed by atoms with Crippen LogP contribution in [-0.4, -0.2) is 4.98 Å². The van der Waals surface area contributed by atoms with E-state index in [0.717, 1.165) is 5.69 Å². The molecule has 28 heavy (non-hydrogen) atoms. The van der Waals surface area contributed by atoms with Gasteiger partial charge in [0.15, 0.2) is 0 Å². The lowest BCUT2D eigenvalue weighted by atomic mass is 9.97. The maximum absolute atomic E-state index is 4.36. The van der Waals surface area contributed by atoms with Crippen LogP contribution in [0.1, 0.15) is 35.2 Å². The molecular weight excluding hydrogens is 338 g/mol. The Morgan fingerprint density at radius 3 is 1.93 bits per heavy atom. The molecule has 3 aromatic carbocycles. The molecule has 1 heteroatoms. The maximum Gasteiger partial charge on any atom is 0.0475 e. The molecule has 0 fully saturated rings. The second kappa shape index (κ2) is 9.66. The van der Waals surface area contributed by atoms with Gasteiger partial charge in [0.2, 0.25) is 0 Å². The smallest absolute Gasteiger partial charge is 0.0475 e. The zero-order valence-electron chi connectivity index (χ0n) is 16.8. The van der Waals surface area contributed by atoms with E-state index in [-0.39, 0.29) is 0 Å². The summed E-state index contributed by atoms with van der Waals surface area (Å²) in [4.78, 5) is 4.36. The molecule has 0 saturated heterocycles. The molecule has 1 unspecified atom stereocenters. The van der Waals surface area contributed by atoms with Crippen LogP contribution in [-0.2, 0) is 0 Å². The quantitative estimate of drug-likeness (QED) is 0.374. The van der Waals surface area contributed by atoms with Gasteiger partial charge < -0.3 is 0 Å². The Kier molecular flexibility index (Phi) is 6.75. The molecule has 0 radical (unpaired) electrons. The Morgan fingerprint density at radius 1 is 0.643 bits per heavy atom. The zero-order chi connectivity index (χ0) is 19.8. The normalized spacial score (nSPS) is 11.2. The fourth-order valence-corrected chi connectivity index (χ4v) is 3.17. The molecule has 0 aliphatic carbocycles. The van der Waals surface area contributed by atoms with Crippen LogP contribution in [0, 0.1) is 13.8 Å². The Hall–Kier alpha value is -3.19. The third-order valence-electron chi connectivity index (χ3n) is 4.94. The van der Waals surface area contributed by atoms with Crippen LogP contribution in [0.4, 0.5) is 0 Å². The Balaban J connectivity index is 0.000000161. The number of hydrogen-bond donors (Lipinski definition) is 0. The average molecular weight is 366 g/mol. The summed E-state index contributed by atoms with van der Waals surface area (Å²) in [5.74, 6) is 0.373. The van der Waals surface area contributed by atoms with Crippen LogP contribution in [0.2, 0.25) is 0 Å². The van der Waals surface area contributed by atoms with Gasteiger partial charge in [0, 0.05) is 17.8 Å². The number of hydrogen-bond acceptors (Lipinski definition) is 1. The van der Waals surface area contributed by atoms with E-state index in [1.807, 2.05) is 24.4 Å². The molecule has 0 N–H and O–H groups in total. The highest BCUT2D eigenvalue weighted by molar-refractivity contribution is 5.67. The number of aryl methyl sites for hydroxylation is 2. The van der Waals surface area contributed by atoms with Gasteiger partial charge in [0.05, 0.1) is 0 Å². The minimum absolute atomic E-state index is 0.373. The lowest BCUT2D eigenvalue weighted by molar-refractivity contribution is 0.871. The van der Waals surface area contributed by atoms with Gasteiger partial charge >= 0.3 is 0 Å². The second-order valence-electron chi connectivity index (χ2n) is 7.07. The van der Waals surface area contributed by atoms with Gasteiger partial charge in [-0.1, -0.05) is 97.4 Å². The highest BCUT2D eigenvalue weighted by Gasteiger charge is 2.07. The third-order valence-corrected chi connectivity index (χ3v) is 4.94. The molecule has 1 aromatic heterocycles. The van der Waals surface area contributed by atoms with E-state index in [1.165, 1.54) is 27.8 Å². The van der Waals surface area contributed by atoms with Crippen molar-refractivity contribution >= 4 is 0 Å². The predicted molar refractivity (Wildman–Crippen MR) is 120 cm³/mol. The molecule has 0 bridgehead atoms. The molecule has 1 atom stereocenters. The topological polar surface area (TPSA) is 12.9 Å². The van der Waals surface area contributed by atoms with Gasteiger partial charge in [-0.2, -0.15) is 0 Å². The summed E-state index contributed by atoms with van der Waals surface area (Å²) in [5.41, 5.74) is 7.70.